The molecule has 26 heavy (non-hydrogen) atoms. The summed E-state index contributed by atoms with van der Waals surface area (Å²) in [5.41, 5.74) is 1.22. The molecule has 138 valence electrons. The van der Waals surface area contributed by atoms with E-state index in [-0.39, 0.29) is 18.0 Å². The van der Waals surface area contributed by atoms with Crippen molar-refractivity contribution in [2.75, 3.05) is 0 Å². The van der Waals surface area contributed by atoms with E-state index in [4.69, 9.17) is 0 Å². The molecule has 2 heterocycles. The minimum Gasteiger partial charge on any atom is -0.343 e. The zero-order valence-electron chi connectivity index (χ0n) is 14.6. The van der Waals surface area contributed by atoms with Gasteiger partial charge in [0.25, 0.3) is 5.91 Å². The van der Waals surface area contributed by atoms with Gasteiger partial charge in [0.05, 0.1) is 28.8 Å². The molecule has 6 nitrogen and oxygen atoms in total. The first kappa shape index (κ1) is 18.0. The van der Waals surface area contributed by atoms with E-state index in [1.807, 2.05) is 6.92 Å². The summed E-state index contributed by atoms with van der Waals surface area (Å²) in [5.74, 6) is 0.155. The maximum absolute atomic E-state index is 12.8. The summed E-state index contributed by atoms with van der Waals surface area (Å²) in [6, 6.07) is 5.10. The number of aromatic nitrogens is 4. The SMILES string of the molecule is CCn1nc(C)cc1C(=O)NCc1nc2cc(C(F)(F)F)ccc2n1C. The molecule has 1 amide bonds. The lowest BCUT2D eigenvalue weighted by Crippen LogP contribution is -2.26. The van der Waals surface area contributed by atoms with E-state index in [2.05, 4.69) is 15.4 Å². The predicted octanol–water partition coefficient (Wildman–Crippen LogP) is 3.05. The lowest BCUT2D eigenvalue weighted by Gasteiger charge is -2.07. The van der Waals surface area contributed by atoms with Gasteiger partial charge in [-0.2, -0.15) is 18.3 Å². The van der Waals surface area contributed by atoms with Gasteiger partial charge in [0.1, 0.15) is 11.5 Å². The highest BCUT2D eigenvalue weighted by atomic mass is 19.4. The van der Waals surface area contributed by atoms with Crippen molar-refractivity contribution in [3.63, 3.8) is 0 Å². The Kier molecular flexibility index (Phi) is 4.47. The molecule has 0 aliphatic heterocycles. The Hall–Kier alpha value is -2.84. The lowest BCUT2D eigenvalue weighted by molar-refractivity contribution is -0.137. The molecule has 0 unspecified atom stereocenters. The molecule has 2 aromatic heterocycles. The molecule has 1 aromatic carbocycles. The van der Waals surface area contributed by atoms with Crippen molar-refractivity contribution >= 4 is 16.9 Å². The minimum atomic E-state index is -4.42. The maximum atomic E-state index is 12.8. The largest absolute Gasteiger partial charge is 0.416 e. The van der Waals surface area contributed by atoms with E-state index in [9.17, 15) is 18.0 Å². The molecule has 0 saturated heterocycles. The van der Waals surface area contributed by atoms with Crippen molar-refractivity contribution in [3.8, 4) is 0 Å². The van der Waals surface area contributed by atoms with Crippen LogP contribution in [0.3, 0.4) is 0 Å². The number of carbonyl (C=O) groups is 1. The highest BCUT2D eigenvalue weighted by Crippen LogP contribution is 2.31. The first-order valence-electron chi connectivity index (χ1n) is 8.06. The van der Waals surface area contributed by atoms with Gasteiger partial charge >= 0.3 is 6.18 Å². The van der Waals surface area contributed by atoms with Crippen LogP contribution in [0, 0.1) is 6.92 Å². The number of nitrogens with zero attached hydrogens (tertiary/aromatic N) is 4. The van der Waals surface area contributed by atoms with Gasteiger partial charge in [-0.3, -0.25) is 9.48 Å². The second-order valence-corrected chi connectivity index (χ2v) is 5.96. The number of aryl methyl sites for hydroxylation is 3. The maximum Gasteiger partial charge on any atom is 0.416 e. The summed E-state index contributed by atoms with van der Waals surface area (Å²) in [6.45, 7) is 4.34. The van der Waals surface area contributed by atoms with Crippen molar-refractivity contribution in [1.29, 1.82) is 0 Å². The lowest BCUT2D eigenvalue weighted by atomic mass is 10.2. The van der Waals surface area contributed by atoms with Crippen LogP contribution in [0.15, 0.2) is 24.3 Å². The molecule has 0 aliphatic carbocycles. The monoisotopic (exact) mass is 365 g/mol. The number of nitrogens with one attached hydrogen (secondary N) is 1. The zero-order chi connectivity index (χ0) is 19.1. The van der Waals surface area contributed by atoms with E-state index in [1.54, 1.807) is 29.3 Å². The van der Waals surface area contributed by atoms with E-state index in [1.165, 1.54) is 6.07 Å². The molecular formula is C17H18F3N5O. The fraction of sp³-hybridized carbons (Fsp3) is 0.353. The zero-order valence-corrected chi connectivity index (χ0v) is 14.6. The van der Waals surface area contributed by atoms with Crippen molar-refractivity contribution in [2.24, 2.45) is 7.05 Å². The van der Waals surface area contributed by atoms with Crippen LogP contribution < -0.4 is 5.32 Å². The second-order valence-electron chi connectivity index (χ2n) is 5.96. The molecule has 0 aliphatic rings. The average Bonchev–Trinajstić information content (AvgIpc) is 3.11. The van der Waals surface area contributed by atoms with Crippen LogP contribution >= 0.6 is 0 Å². The Bertz CT molecular complexity index is 971. The molecule has 3 rings (SSSR count). The number of hydrogen-bond acceptors (Lipinski definition) is 3. The number of fused-ring (bicyclic) bond motifs is 1. The Morgan fingerprint density at radius 1 is 1.27 bits per heavy atom. The highest BCUT2D eigenvalue weighted by molar-refractivity contribution is 5.92. The minimum absolute atomic E-state index is 0.0965. The van der Waals surface area contributed by atoms with Crippen LogP contribution in [0.5, 0.6) is 0 Å². The highest BCUT2D eigenvalue weighted by Gasteiger charge is 2.31. The van der Waals surface area contributed by atoms with Crippen LogP contribution in [0.4, 0.5) is 13.2 Å². The van der Waals surface area contributed by atoms with E-state index >= 15 is 0 Å². The van der Waals surface area contributed by atoms with Gasteiger partial charge in [-0.25, -0.2) is 4.98 Å². The number of imidazole rings is 1. The van der Waals surface area contributed by atoms with Crippen molar-refractivity contribution in [2.45, 2.75) is 33.1 Å². The molecule has 0 spiro atoms. The third-order valence-electron chi connectivity index (χ3n) is 4.14. The molecule has 3 aromatic rings. The fourth-order valence-corrected chi connectivity index (χ4v) is 2.80. The fourth-order valence-electron chi connectivity index (χ4n) is 2.80. The molecule has 0 radical (unpaired) electrons. The Balaban J connectivity index is 1.82. The molecule has 0 saturated carbocycles. The smallest absolute Gasteiger partial charge is 0.343 e. The van der Waals surface area contributed by atoms with Gasteiger partial charge in [-0.05, 0) is 38.1 Å². The van der Waals surface area contributed by atoms with Gasteiger partial charge in [-0.1, -0.05) is 0 Å². The summed E-state index contributed by atoms with van der Waals surface area (Å²) in [6.07, 6.45) is -4.42. The van der Waals surface area contributed by atoms with Gasteiger partial charge < -0.3 is 9.88 Å². The van der Waals surface area contributed by atoms with Crippen LogP contribution in [-0.4, -0.2) is 25.2 Å². The summed E-state index contributed by atoms with van der Waals surface area (Å²) < 4.78 is 41.8. The Morgan fingerprint density at radius 3 is 2.65 bits per heavy atom. The normalized spacial score (nSPS) is 11.9. The standard InChI is InChI=1S/C17H18F3N5O/c1-4-25-14(7-10(2)23-25)16(26)21-9-15-22-12-8-11(17(18,19)20)5-6-13(12)24(15)3/h5-8H,4,9H2,1-3H3,(H,21,26). The molecule has 0 fully saturated rings. The summed E-state index contributed by atoms with van der Waals surface area (Å²) in [5, 5.41) is 6.96. The van der Waals surface area contributed by atoms with Crippen LogP contribution in [-0.2, 0) is 26.3 Å². The van der Waals surface area contributed by atoms with E-state index in [0.717, 1.165) is 17.8 Å². The van der Waals surface area contributed by atoms with E-state index < -0.39 is 11.7 Å². The summed E-state index contributed by atoms with van der Waals surface area (Å²) >= 11 is 0. The van der Waals surface area contributed by atoms with Gasteiger partial charge in [0.15, 0.2) is 0 Å². The van der Waals surface area contributed by atoms with Crippen molar-refractivity contribution in [1.82, 2.24) is 24.6 Å². The topological polar surface area (TPSA) is 64.7 Å². The first-order chi connectivity index (χ1) is 12.2. The first-order valence-corrected chi connectivity index (χ1v) is 8.06. The molecule has 9 heteroatoms. The molecular weight excluding hydrogens is 347 g/mol. The van der Waals surface area contributed by atoms with Crippen LogP contribution in [0.25, 0.3) is 11.0 Å². The van der Waals surface area contributed by atoms with Gasteiger partial charge in [0.2, 0.25) is 0 Å². The van der Waals surface area contributed by atoms with E-state index in [0.29, 0.717) is 23.6 Å². The van der Waals surface area contributed by atoms with Crippen molar-refractivity contribution < 1.29 is 18.0 Å². The number of benzene rings is 1. The van der Waals surface area contributed by atoms with Gasteiger partial charge in [-0.15, -0.1) is 0 Å². The molecule has 0 bridgehead atoms. The Morgan fingerprint density at radius 2 is 2.00 bits per heavy atom. The number of rotatable bonds is 4. The Labute approximate surface area is 147 Å². The molecule has 1 N–H and O–H groups in total. The third-order valence-corrected chi connectivity index (χ3v) is 4.14. The van der Waals surface area contributed by atoms with Crippen LogP contribution in [0.2, 0.25) is 0 Å². The van der Waals surface area contributed by atoms with Gasteiger partial charge in [0, 0.05) is 13.6 Å². The predicted molar refractivity (Wildman–Crippen MR) is 89.5 cm³/mol. The third kappa shape index (κ3) is 3.29. The summed E-state index contributed by atoms with van der Waals surface area (Å²) in [7, 11) is 1.70. The molecule has 0 atom stereocenters. The van der Waals surface area contributed by atoms with Crippen LogP contribution in [0.1, 0.15) is 34.5 Å². The second kappa shape index (κ2) is 6.47. The number of alkyl halides is 3. The number of halogens is 3. The number of hydrogen-bond donors (Lipinski definition) is 1. The average molecular weight is 365 g/mol. The summed E-state index contributed by atoms with van der Waals surface area (Å²) in [4.78, 5) is 16.6. The number of carbonyl (C=O) groups excluding carboxylic acids is 1. The number of amides is 1. The quantitative estimate of drug-likeness (QED) is 0.773. The van der Waals surface area contributed by atoms with Crippen molar-refractivity contribution in [3.05, 3.63) is 47.0 Å².